The highest BCUT2D eigenvalue weighted by atomic mass is 16.5. The van der Waals surface area contributed by atoms with E-state index in [4.69, 9.17) is 4.74 Å². The maximum atomic E-state index is 12.9. The minimum atomic E-state index is -0.462. The van der Waals surface area contributed by atoms with Crippen LogP contribution in [-0.2, 0) is 4.79 Å². The molecule has 1 aromatic carbocycles. The molecule has 0 saturated heterocycles. The van der Waals surface area contributed by atoms with E-state index in [2.05, 4.69) is 10.3 Å². The first-order chi connectivity index (χ1) is 12.5. The summed E-state index contributed by atoms with van der Waals surface area (Å²) in [7, 11) is 1.59. The number of Topliss-reactive ketones (excluding diaryl/α,β-unsaturated/α-hetero) is 1. The van der Waals surface area contributed by atoms with Crippen LogP contribution < -0.4 is 10.1 Å². The van der Waals surface area contributed by atoms with Crippen molar-refractivity contribution < 1.29 is 14.3 Å². The van der Waals surface area contributed by atoms with Gasteiger partial charge in [-0.2, -0.15) is 0 Å². The molecule has 136 valence electrons. The average molecular weight is 352 g/mol. The van der Waals surface area contributed by atoms with E-state index in [-0.39, 0.29) is 5.54 Å². The minimum absolute atomic E-state index is 0.148. The number of amides is 1. The SMILES string of the molecule is COc1ccc2[nH]cc(C(=O)C(=O)NC34CC5CC(CC(C5)C3)C4)c2c1. The quantitative estimate of drug-likeness (QED) is 0.654. The van der Waals surface area contributed by atoms with Crippen LogP contribution in [0.2, 0.25) is 0 Å². The van der Waals surface area contributed by atoms with E-state index in [1.54, 1.807) is 19.4 Å². The van der Waals surface area contributed by atoms with E-state index in [9.17, 15) is 9.59 Å². The summed E-state index contributed by atoms with van der Waals surface area (Å²) >= 11 is 0. The molecule has 0 spiro atoms. The molecule has 6 rings (SSSR count). The highest BCUT2D eigenvalue weighted by molar-refractivity contribution is 6.45. The van der Waals surface area contributed by atoms with Crippen molar-refractivity contribution in [1.82, 2.24) is 10.3 Å². The molecule has 4 aliphatic rings. The number of benzene rings is 1. The first kappa shape index (κ1) is 15.9. The Bertz CT molecular complexity index is 863. The van der Waals surface area contributed by atoms with Gasteiger partial charge in [-0.05, 0) is 74.5 Å². The van der Waals surface area contributed by atoms with E-state index in [1.165, 1.54) is 19.3 Å². The van der Waals surface area contributed by atoms with Crippen molar-refractivity contribution in [3.05, 3.63) is 30.0 Å². The number of nitrogens with one attached hydrogen (secondary N) is 2. The van der Waals surface area contributed by atoms with Gasteiger partial charge in [-0.25, -0.2) is 0 Å². The van der Waals surface area contributed by atoms with Crippen LogP contribution in [0.1, 0.15) is 48.9 Å². The Labute approximate surface area is 152 Å². The third kappa shape index (κ3) is 2.44. The molecule has 2 N–H and O–H groups in total. The Morgan fingerprint density at radius 2 is 1.77 bits per heavy atom. The topological polar surface area (TPSA) is 71.2 Å². The lowest BCUT2D eigenvalue weighted by atomic mass is 9.53. The van der Waals surface area contributed by atoms with Crippen molar-refractivity contribution in [2.45, 2.75) is 44.1 Å². The molecule has 4 fully saturated rings. The van der Waals surface area contributed by atoms with Crippen LogP contribution in [0.15, 0.2) is 24.4 Å². The van der Waals surface area contributed by atoms with Gasteiger partial charge in [-0.15, -0.1) is 0 Å². The van der Waals surface area contributed by atoms with Gasteiger partial charge in [0.15, 0.2) is 0 Å². The summed E-state index contributed by atoms with van der Waals surface area (Å²) in [4.78, 5) is 28.8. The molecule has 0 unspecified atom stereocenters. The first-order valence-corrected chi connectivity index (χ1v) is 9.57. The minimum Gasteiger partial charge on any atom is -0.497 e. The number of methoxy groups -OCH3 is 1. The number of hydrogen-bond donors (Lipinski definition) is 2. The third-order valence-corrected chi connectivity index (χ3v) is 6.76. The monoisotopic (exact) mass is 352 g/mol. The number of aromatic amines is 1. The zero-order valence-electron chi connectivity index (χ0n) is 15.0. The molecule has 0 atom stereocenters. The molecule has 1 heterocycles. The summed E-state index contributed by atoms with van der Waals surface area (Å²) < 4.78 is 5.25. The van der Waals surface area contributed by atoms with Crippen LogP contribution in [0, 0.1) is 17.8 Å². The molecular weight excluding hydrogens is 328 g/mol. The van der Waals surface area contributed by atoms with Gasteiger partial charge in [0.2, 0.25) is 0 Å². The molecule has 2 aromatic rings. The second-order valence-corrected chi connectivity index (χ2v) is 8.59. The average Bonchev–Trinajstić information content (AvgIpc) is 3.02. The summed E-state index contributed by atoms with van der Waals surface area (Å²) in [5.41, 5.74) is 1.10. The van der Waals surface area contributed by atoms with Crippen LogP contribution in [-0.4, -0.2) is 29.3 Å². The van der Waals surface area contributed by atoms with Gasteiger partial charge in [0.05, 0.1) is 12.7 Å². The molecule has 4 bridgehead atoms. The van der Waals surface area contributed by atoms with Crippen LogP contribution in [0.3, 0.4) is 0 Å². The molecule has 4 aliphatic carbocycles. The fourth-order valence-corrected chi connectivity index (χ4v) is 6.10. The predicted molar refractivity (Wildman–Crippen MR) is 98.2 cm³/mol. The Hall–Kier alpha value is -2.30. The van der Waals surface area contributed by atoms with Gasteiger partial charge in [-0.1, -0.05) is 0 Å². The van der Waals surface area contributed by atoms with Crippen molar-refractivity contribution in [3.63, 3.8) is 0 Å². The van der Waals surface area contributed by atoms with E-state index < -0.39 is 11.7 Å². The lowest BCUT2D eigenvalue weighted by molar-refractivity contribution is -0.122. The summed E-state index contributed by atoms with van der Waals surface area (Å²) in [5.74, 6) is 1.94. The highest BCUT2D eigenvalue weighted by Crippen LogP contribution is 2.55. The Kier molecular flexibility index (Phi) is 3.43. The van der Waals surface area contributed by atoms with Gasteiger partial charge >= 0.3 is 0 Å². The molecular formula is C21H24N2O3. The van der Waals surface area contributed by atoms with Crippen LogP contribution in [0.4, 0.5) is 0 Å². The zero-order valence-corrected chi connectivity index (χ0v) is 15.0. The van der Waals surface area contributed by atoms with Gasteiger partial charge < -0.3 is 15.0 Å². The van der Waals surface area contributed by atoms with E-state index in [0.717, 1.165) is 47.9 Å². The molecule has 0 radical (unpaired) electrons. The maximum Gasteiger partial charge on any atom is 0.292 e. The summed E-state index contributed by atoms with van der Waals surface area (Å²) in [6.45, 7) is 0. The number of ether oxygens (including phenoxy) is 1. The van der Waals surface area contributed by atoms with Gasteiger partial charge in [0, 0.05) is 22.6 Å². The van der Waals surface area contributed by atoms with Crippen molar-refractivity contribution in [2.24, 2.45) is 17.8 Å². The normalized spacial score (nSPS) is 32.0. The number of rotatable bonds is 4. The second-order valence-electron chi connectivity index (χ2n) is 8.59. The summed E-state index contributed by atoms with van der Waals surface area (Å²) in [6.07, 6.45) is 8.69. The molecule has 4 saturated carbocycles. The fourth-order valence-electron chi connectivity index (χ4n) is 6.10. The number of carbonyl (C=O) groups excluding carboxylic acids is 2. The highest BCUT2D eigenvalue weighted by Gasteiger charge is 2.51. The Balaban J connectivity index is 1.40. The Morgan fingerprint density at radius 3 is 2.38 bits per heavy atom. The van der Waals surface area contributed by atoms with Crippen molar-refractivity contribution in [3.8, 4) is 5.75 Å². The third-order valence-electron chi connectivity index (χ3n) is 6.76. The van der Waals surface area contributed by atoms with E-state index in [0.29, 0.717) is 11.3 Å². The molecule has 0 aliphatic heterocycles. The number of carbonyl (C=O) groups is 2. The lowest BCUT2D eigenvalue weighted by Crippen LogP contribution is -2.60. The fraction of sp³-hybridized carbons (Fsp3) is 0.524. The van der Waals surface area contributed by atoms with Crippen molar-refractivity contribution in [2.75, 3.05) is 7.11 Å². The summed E-state index contributed by atoms with van der Waals surface area (Å²) in [6, 6.07) is 5.50. The van der Waals surface area contributed by atoms with E-state index >= 15 is 0 Å². The molecule has 1 aromatic heterocycles. The molecule has 5 heteroatoms. The van der Waals surface area contributed by atoms with Crippen LogP contribution >= 0.6 is 0 Å². The van der Waals surface area contributed by atoms with Gasteiger partial charge in [-0.3, -0.25) is 9.59 Å². The largest absolute Gasteiger partial charge is 0.497 e. The van der Waals surface area contributed by atoms with Crippen LogP contribution in [0.5, 0.6) is 5.75 Å². The van der Waals surface area contributed by atoms with Crippen LogP contribution in [0.25, 0.3) is 10.9 Å². The number of ketones is 1. The van der Waals surface area contributed by atoms with Crippen molar-refractivity contribution >= 4 is 22.6 Å². The smallest absolute Gasteiger partial charge is 0.292 e. The number of aromatic nitrogens is 1. The maximum absolute atomic E-state index is 12.9. The lowest BCUT2D eigenvalue weighted by Gasteiger charge is -2.56. The molecule has 1 amide bonds. The zero-order chi connectivity index (χ0) is 17.9. The standard InChI is InChI=1S/C21H24N2O3/c1-26-15-2-3-18-16(7-15)17(11-22-18)19(24)20(25)23-21-8-12-4-13(9-21)6-14(5-12)10-21/h2-3,7,11-14,22H,4-6,8-10H2,1H3,(H,23,25). The second kappa shape index (κ2) is 5.60. The summed E-state index contributed by atoms with van der Waals surface area (Å²) in [5, 5.41) is 3.90. The first-order valence-electron chi connectivity index (χ1n) is 9.57. The van der Waals surface area contributed by atoms with Crippen molar-refractivity contribution in [1.29, 1.82) is 0 Å². The number of fused-ring (bicyclic) bond motifs is 1. The molecule has 26 heavy (non-hydrogen) atoms. The molecule has 5 nitrogen and oxygen atoms in total. The van der Waals surface area contributed by atoms with Gasteiger partial charge in [0.25, 0.3) is 11.7 Å². The Morgan fingerprint density at radius 1 is 1.12 bits per heavy atom. The van der Waals surface area contributed by atoms with Gasteiger partial charge in [0.1, 0.15) is 5.75 Å². The predicted octanol–water partition coefficient (Wildman–Crippen LogP) is 3.44. The van der Waals surface area contributed by atoms with E-state index in [1.807, 2.05) is 12.1 Å². The number of H-pyrrole nitrogens is 1. The number of hydrogen-bond acceptors (Lipinski definition) is 3.